The molecule has 1 fully saturated rings. The predicted octanol–water partition coefficient (Wildman–Crippen LogP) is 4.46. The highest BCUT2D eigenvalue weighted by Gasteiger charge is 2.15. The number of piperidine rings is 1. The number of hydrogen-bond donors (Lipinski definition) is 2. The minimum atomic E-state index is -3.60. The van der Waals surface area contributed by atoms with Crippen LogP contribution in [-0.2, 0) is 23.1 Å². The SMILES string of the molecule is O=C(NCc1ccc(CN2CCCCC2)cc1)c1ccc(NS(=O)(=O)c2cccs2)cc1. The normalized spacial score (nSPS) is 14.8. The van der Waals surface area contributed by atoms with Gasteiger partial charge >= 0.3 is 0 Å². The molecule has 0 saturated carbocycles. The smallest absolute Gasteiger partial charge is 0.271 e. The summed E-state index contributed by atoms with van der Waals surface area (Å²) >= 11 is 1.15. The van der Waals surface area contributed by atoms with Crippen molar-refractivity contribution in [3.63, 3.8) is 0 Å². The average Bonchev–Trinajstić information content (AvgIpc) is 3.36. The van der Waals surface area contributed by atoms with E-state index in [0.29, 0.717) is 17.8 Å². The lowest BCUT2D eigenvalue weighted by Gasteiger charge is -2.26. The summed E-state index contributed by atoms with van der Waals surface area (Å²) in [5, 5.41) is 4.63. The molecular formula is C24H27N3O3S2. The van der Waals surface area contributed by atoms with Gasteiger partial charge in [-0.15, -0.1) is 11.3 Å². The van der Waals surface area contributed by atoms with E-state index < -0.39 is 10.0 Å². The largest absolute Gasteiger partial charge is 0.348 e. The molecule has 2 heterocycles. The molecule has 1 aliphatic rings. The first-order valence-corrected chi connectivity index (χ1v) is 13.1. The number of carbonyl (C=O) groups is 1. The summed E-state index contributed by atoms with van der Waals surface area (Å²) in [6.07, 6.45) is 3.90. The number of carbonyl (C=O) groups excluding carboxylic acids is 1. The Labute approximate surface area is 193 Å². The lowest BCUT2D eigenvalue weighted by Crippen LogP contribution is -2.29. The molecule has 32 heavy (non-hydrogen) atoms. The second-order valence-electron chi connectivity index (χ2n) is 7.95. The Kier molecular flexibility index (Phi) is 7.24. The van der Waals surface area contributed by atoms with Crippen LogP contribution in [0.1, 0.15) is 40.7 Å². The quantitative estimate of drug-likeness (QED) is 0.510. The van der Waals surface area contributed by atoms with E-state index in [9.17, 15) is 13.2 Å². The Balaban J connectivity index is 1.28. The first kappa shape index (κ1) is 22.5. The number of anilines is 1. The third kappa shape index (κ3) is 5.97. The highest BCUT2D eigenvalue weighted by Crippen LogP contribution is 2.20. The van der Waals surface area contributed by atoms with Gasteiger partial charge in [0.25, 0.3) is 15.9 Å². The molecule has 3 aromatic rings. The Morgan fingerprint density at radius 3 is 2.25 bits per heavy atom. The van der Waals surface area contributed by atoms with Crippen LogP contribution in [0.4, 0.5) is 5.69 Å². The molecule has 0 spiro atoms. The van der Waals surface area contributed by atoms with Gasteiger partial charge in [-0.1, -0.05) is 36.8 Å². The molecule has 1 amide bonds. The van der Waals surface area contributed by atoms with Crippen molar-refractivity contribution in [3.05, 3.63) is 82.7 Å². The van der Waals surface area contributed by atoms with Gasteiger partial charge in [0.15, 0.2) is 0 Å². The van der Waals surface area contributed by atoms with Crippen LogP contribution in [0.3, 0.4) is 0 Å². The molecular weight excluding hydrogens is 442 g/mol. The summed E-state index contributed by atoms with van der Waals surface area (Å²) in [6, 6.07) is 18.0. The van der Waals surface area contributed by atoms with Gasteiger partial charge in [0, 0.05) is 24.3 Å². The second-order valence-corrected chi connectivity index (χ2v) is 10.8. The average molecular weight is 470 g/mol. The van der Waals surface area contributed by atoms with Gasteiger partial charge in [-0.05, 0) is 72.8 Å². The summed E-state index contributed by atoms with van der Waals surface area (Å²) in [6.45, 7) is 3.77. The van der Waals surface area contributed by atoms with Gasteiger partial charge in [-0.3, -0.25) is 14.4 Å². The number of nitrogens with one attached hydrogen (secondary N) is 2. The van der Waals surface area contributed by atoms with Crippen molar-refractivity contribution in [2.75, 3.05) is 17.8 Å². The Morgan fingerprint density at radius 1 is 0.906 bits per heavy atom. The van der Waals surface area contributed by atoms with E-state index in [2.05, 4.69) is 39.2 Å². The fraction of sp³-hybridized carbons (Fsp3) is 0.292. The fourth-order valence-corrected chi connectivity index (χ4v) is 5.79. The van der Waals surface area contributed by atoms with Crippen LogP contribution >= 0.6 is 11.3 Å². The fourth-order valence-electron chi connectivity index (χ4n) is 3.73. The molecule has 0 radical (unpaired) electrons. The van der Waals surface area contributed by atoms with E-state index in [1.165, 1.54) is 37.9 Å². The number of rotatable bonds is 8. The third-order valence-corrected chi connectivity index (χ3v) is 8.27. The number of nitrogens with zero attached hydrogens (tertiary/aromatic N) is 1. The van der Waals surface area contributed by atoms with Crippen LogP contribution in [0.25, 0.3) is 0 Å². The molecule has 4 rings (SSSR count). The van der Waals surface area contributed by atoms with E-state index in [1.54, 1.807) is 41.8 Å². The highest BCUT2D eigenvalue weighted by atomic mass is 32.2. The first-order chi connectivity index (χ1) is 15.5. The number of likely N-dealkylation sites (tertiary alicyclic amines) is 1. The number of benzene rings is 2. The molecule has 0 unspecified atom stereocenters. The first-order valence-electron chi connectivity index (χ1n) is 10.7. The van der Waals surface area contributed by atoms with Gasteiger partial charge < -0.3 is 5.32 Å². The molecule has 0 bridgehead atoms. The highest BCUT2D eigenvalue weighted by molar-refractivity contribution is 7.94. The van der Waals surface area contributed by atoms with Crippen molar-refractivity contribution >= 4 is 33.0 Å². The summed E-state index contributed by atoms with van der Waals surface area (Å²) in [7, 11) is -3.60. The van der Waals surface area contributed by atoms with E-state index in [1.807, 2.05) is 0 Å². The molecule has 2 N–H and O–H groups in total. The van der Waals surface area contributed by atoms with E-state index in [4.69, 9.17) is 0 Å². The summed E-state index contributed by atoms with van der Waals surface area (Å²) in [4.78, 5) is 15.0. The van der Waals surface area contributed by atoms with Gasteiger partial charge in [0.1, 0.15) is 4.21 Å². The zero-order valence-corrected chi connectivity index (χ0v) is 19.4. The Bertz CT molecular complexity index is 1120. The maximum Gasteiger partial charge on any atom is 0.271 e. The zero-order chi connectivity index (χ0) is 22.4. The van der Waals surface area contributed by atoms with E-state index in [-0.39, 0.29) is 10.1 Å². The number of sulfonamides is 1. The molecule has 168 valence electrons. The maximum atomic E-state index is 12.5. The van der Waals surface area contributed by atoms with Crippen LogP contribution in [0, 0.1) is 0 Å². The van der Waals surface area contributed by atoms with Crippen molar-refractivity contribution in [1.29, 1.82) is 0 Å². The molecule has 2 aromatic carbocycles. The zero-order valence-electron chi connectivity index (χ0n) is 17.8. The van der Waals surface area contributed by atoms with Crippen LogP contribution in [-0.4, -0.2) is 32.3 Å². The van der Waals surface area contributed by atoms with Gasteiger partial charge in [-0.25, -0.2) is 8.42 Å². The minimum Gasteiger partial charge on any atom is -0.348 e. The number of thiophene rings is 1. The third-order valence-electron chi connectivity index (χ3n) is 5.49. The van der Waals surface area contributed by atoms with Gasteiger partial charge in [0.2, 0.25) is 0 Å². The Hall–Kier alpha value is -2.68. The standard InChI is InChI=1S/C24H27N3O3S2/c28-24(21-10-12-22(13-11-21)26-32(29,30)23-5-4-16-31-23)25-17-19-6-8-20(9-7-19)18-27-14-2-1-3-15-27/h4-13,16,26H,1-3,14-15,17-18H2,(H,25,28). The van der Waals surface area contributed by atoms with Crippen molar-refractivity contribution in [2.45, 2.75) is 36.6 Å². The Morgan fingerprint density at radius 2 is 1.59 bits per heavy atom. The summed E-state index contributed by atoms with van der Waals surface area (Å²) < 4.78 is 27.4. The second kappa shape index (κ2) is 10.3. The molecule has 8 heteroatoms. The van der Waals surface area contributed by atoms with Gasteiger partial charge in [0.05, 0.1) is 0 Å². The van der Waals surface area contributed by atoms with Crippen molar-refractivity contribution in [2.24, 2.45) is 0 Å². The van der Waals surface area contributed by atoms with Crippen LogP contribution < -0.4 is 10.0 Å². The van der Waals surface area contributed by atoms with Crippen molar-refractivity contribution in [1.82, 2.24) is 10.2 Å². The lowest BCUT2D eigenvalue weighted by molar-refractivity contribution is 0.0951. The van der Waals surface area contributed by atoms with Crippen LogP contribution in [0.5, 0.6) is 0 Å². The number of hydrogen-bond acceptors (Lipinski definition) is 5. The minimum absolute atomic E-state index is 0.199. The topological polar surface area (TPSA) is 78.5 Å². The molecule has 6 nitrogen and oxygen atoms in total. The molecule has 1 saturated heterocycles. The van der Waals surface area contributed by atoms with E-state index >= 15 is 0 Å². The van der Waals surface area contributed by atoms with Crippen LogP contribution in [0.2, 0.25) is 0 Å². The number of amides is 1. The molecule has 0 aliphatic carbocycles. The molecule has 1 aromatic heterocycles. The summed E-state index contributed by atoms with van der Waals surface area (Å²) in [5.74, 6) is -0.199. The maximum absolute atomic E-state index is 12.5. The van der Waals surface area contributed by atoms with Crippen LogP contribution in [0.15, 0.2) is 70.3 Å². The van der Waals surface area contributed by atoms with Crippen molar-refractivity contribution in [3.8, 4) is 0 Å². The predicted molar refractivity (Wildman–Crippen MR) is 128 cm³/mol. The monoisotopic (exact) mass is 469 g/mol. The molecule has 0 atom stereocenters. The summed E-state index contributed by atoms with van der Waals surface area (Å²) in [5.41, 5.74) is 3.23. The van der Waals surface area contributed by atoms with E-state index in [0.717, 1.165) is 23.4 Å². The van der Waals surface area contributed by atoms with Gasteiger partial charge in [-0.2, -0.15) is 0 Å². The lowest BCUT2D eigenvalue weighted by atomic mass is 10.1. The molecule has 1 aliphatic heterocycles. The van der Waals surface area contributed by atoms with Crippen molar-refractivity contribution < 1.29 is 13.2 Å².